The van der Waals surface area contributed by atoms with Gasteiger partial charge in [-0.25, -0.2) is 4.98 Å². The molecule has 1 aliphatic carbocycles. The molecule has 0 amide bonds. The summed E-state index contributed by atoms with van der Waals surface area (Å²) in [6, 6.07) is 0. The maximum atomic E-state index is 12.8. The van der Waals surface area contributed by atoms with E-state index in [1.165, 1.54) is 23.1 Å². The second-order valence-electron chi connectivity index (χ2n) is 5.71. The van der Waals surface area contributed by atoms with Crippen LogP contribution in [0.25, 0.3) is 0 Å². The van der Waals surface area contributed by atoms with Gasteiger partial charge in [0.2, 0.25) is 11.6 Å². The third-order valence-electron chi connectivity index (χ3n) is 3.42. The number of nitrogens with one attached hydrogen (secondary N) is 1. The van der Waals surface area contributed by atoms with Crippen molar-refractivity contribution in [2.45, 2.75) is 26.7 Å². The van der Waals surface area contributed by atoms with Gasteiger partial charge in [-0.05, 0) is 33.2 Å². The van der Waals surface area contributed by atoms with Crippen molar-refractivity contribution in [3.05, 3.63) is 26.2 Å². The van der Waals surface area contributed by atoms with Crippen LogP contribution in [-0.4, -0.2) is 54.4 Å². The standard InChI is InChI=1S/C16H23N3O2S2/c1-5-6-9-22-15-11(17-7-8-19(3)4)13(20)12-16(14(15)21)23-10(2)18-12/h17H,5-9H2,1-4H3. The molecule has 2 rings (SSSR count). The van der Waals surface area contributed by atoms with Crippen LogP contribution in [0.4, 0.5) is 0 Å². The zero-order valence-electron chi connectivity index (χ0n) is 14.1. The molecular weight excluding hydrogens is 330 g/mol. The number of thioether (sulfide) groups is 1. The number of unbranched alkanes of at least 4 members (excludes halogenated alkanes) is 1. The van der Waals surface area contributed by atoms with Crippen LogP contribution in [0.1, 0.15) is 44.9 Å². The van der Waals surface area contributed by atoms with Gasteiger partial charge in [-0.1, -0.05) is 13.3 Å². The van der Waals surface area contributed by atoms with Gasteiger partial charge in [-0.15, -0.1) is 23.1 Å². The first-order valence-electron chi connectivity index (χ1n) is 7.78. The van der Waals surface area contributed by atoms with Crippen LogP contribution in [0.5, 0.6) is 0 Å². The fraction of sp³-hybridized carbons (Fsp3) is 0.562. The van der Waals surface area contributed by atoms with Gasteiger partial charge in [0, 0.05) is 13.1 Å². The van der Waals surface area contributed by atoms with Crippen LogP contribution in [-0.2, 0) is 0 Å². The topological polar surface area (TPSA) is 62.3 Å². The molecule has 5 nitrogen and oxygen atoms in total. The minimum Gasteiger partial charge on any atom is -0.380 e. The number of allylic oxidation sites excluding steroid dienone is 2. The van der Waals surface area contributed by atoms with Crippen molar-refractivity contribution in [3.8, 4) is 0 Å². The molecule has 0 saturated heterocycles. The highest BCUT2D eigenvalue weighted by Gasteiger charge is 2.35. The molecule has 0 aromatic carbocycles. The molecule has 1 aliphatic rings. The Morgan fingerprint density at radius 2 is 2.00 bits per heavy atom. The predicted molar refractivity (Wildman–Crippen MR) is 96.5 cm³/mol. The van der Waals surface area contributed by atoms with Gasteiger partial charge in [-0.2, -0.15) is 0 Å². The monoisotopic (exact) mass is 353 g/mol. The molecule has 126 valence electrons. The van der Waals surface area contributed by atoms with Crippen LogP contribution < -0.4 is 5.32 Å². The number of hydrogen-bond donors (Lipinski definition) is 1. The van der Waals surface area contributed by atoms with Crippen LogP contribution in [0, 0.1) is 6.92 Å². The molecule has 1 aromatic rings. The average molecular weight is 354 g/mol. The van der Waals surface area contributed by atoms with Crippen LogP contribution in [0.3, 0.4) is 0 Å². The van der Waals surface area contributed by atoms with Crippen LogP contribution >= 0.6 is 23.1 Å². The maximum Gasteiger partial charge on any atom is 0.230 e. The lowest BCUT2D eigenvalue weighted by atomic mass is 10.0. The highest BCUT2D eigenvalue weighted by atomic mass is 32.2. The number of rotatable bonds is 8. The predicted octanol–water partition coefficient (Wildman–Crippen LogP) is 2.73. The Hall–Kier alpha value is -1.18. The van der Waals surface area contributed by atoms with E-state index in [4.69, 9.17) is 0 Å². The molecule has 0 spiro atoms. The highest BCUT2D eigenvalue weighted by molar-refractivity contribution is 8.04. The number of Topliss-reactive ketones (excluding diaryl/α,β-unsaturated/α-hetero) is 2. The maximum absolute atomic E-state index is 12.8. The quantitative estimate of drug-likeness (QED) is 0.725. The van der Waals surface area contributed by atoms with Gasteiger partial charge in [-0.3, -0.25) is 9.59 Å². The van der Waals surface area contributed by atoms with Crippen LogP contribution in [0.15, 0.2) is 10.6 Å². The number of aromatic nitrogens is 1. The van der Waals surface area contributed by atoms with E-state index >= 15 is 0 Å². The molecule has 0 fully saturated rings. The number of likely N-dealkylation sites (N-methyl/N-ethyl adjacent to an activating group) is 1. The first kappa shape index (κ1) is 18.2. The second kappa shape index (κ2) is 8.08. The van der Waals surface area contributed by atoms with Crippen molar-refractivity contribution in [2.24, 2.45) is 0 Å². The molecule has 0 atom stereocenters. The lowest BCUT2D eigenvalue weighted by molar-refractivity contribution is 0.0974. The number of ketones is 2. The fourth-order valence-corrected chi connectivity index (χ4v) is 4.30. The largest absolute Gasteiger partial charge is 0.380 e. The highest BCUT2D eigenvalue weighted by Crippen LogP contribution is 2.34. The summed E-state index contributed by atoms with van der Waals surface area (Å²) in [7, 11) is 3.95. The molecule has 0 bridgehead atoms. The van der Waals surface area contributed by atoms with E-state index in [-0.39, 0.29) is 11.6 Å². The molecule has 0 saturated carbocycles. The number of carbonyl (C=O) groups is 2. The number of carbonyl (C=O) groups excluding carboxylic acids is 2. The van der Waals surface area contributed by atoms with Crippen molar-refractivity contribution in [2.75, 3.05) is 32.9 Å². The Morgan fingerprint density at radius 1 is 1.26 bits per heavy atom. The summed E-state index contributed by atoms with van der Waals surface area (Å²) in [5, 5.41) is 3.93. The van der Waals surface area contributed by atoms with E-state index in [0.29, 0.717) is 27.7 Å². The minimum absolute atomic E-state index is 0.0568. The molecule has 7 heteroatoms. The van der Waals surface area contributed by atoms with Gasteiger partial charge in [0.15, 0.2) is 0 Å². The number of hydrogen-bond acceptors (Lipinski definition) is 7. The summed E-state index contributed by atoms with van der Waals surface area (Å²) in [5.41, 5.74) is 0.737. The Balaban J connectivity index is 2.28. The second-order valence-corrected chi connectivity index (χ2v) is 8.01. The van der Waals surface area contributed by atoms with E-state index in [1.54, 1.807) is 0 Å². The third kappa shape index (κ3) is 4.22. The Morgan fingerprint density at radius 3 is 2.65 bits per heavy atom. The summed E-state index contributed by atoms with van der Waals surface area (Å²) in [5.74, 6) is 0.636. The molecule has 1 heterocycles. The third-order valence-corrected chi connectivity index (χ3v) is 5.56. The molecule has 0 unspecified atom stereocenters. The van der Waals surface area contributed by atoms with Gasteiger partial charge in [0.05, 0.1) is 9.91 Å². The first-order valence-corrected chi connectivity index (χ1v) is 9.58. The molecular formula is C16H23N3O2S2. The van der Waals surface area contributed by atoms with Crippen molar-refractivity contribution in [1.82, 2.24) is 15.2 Å². The summed E-state index contributed by atoms with van der Waals surface area (Å²) in [6.07, 6.45) is 2.09. The van der Waals surface area contributed by atoms with Crippen molar-refractivity contribution in [3.63, 3.8) is 0 Å². The van der Waals surface area contributed by atoms with E-state index in [2.05, 4.69) is 17.2 Å². The normalized spacial score (nSPS) is 14.7. The molecule has 0 aliphatic heterocycles. The SMILES string of the molecule is CCCCSC1=C(NCCN(C)C)C(=O)c2nc(C)sc2C1=O. The average Bonchev–Trinajstić information content (AvgIpc) is 2.89. The minimum atomic E-state index is -0.151. The van der Waals surface area contributed by atoms with E-state index in [9.17, 15) is 9.59 Å². The van der Waals surface area contributed by atoms with Gasteiger partial charge in [0.25, 0.3) is 0 Å². The van der Waals surface area contributed by atoms with Gasteiger partial charge < -0.3 is 10.2 Å². The van der Waals surface area contributed by atoms with E-state index < -0.39 is 0 Å². The Bertz CT molecular complexity index is 635. The van der Waals surface area contributed by atoms with Crippen molar-refractivity contribution >= 4 is 34.7 Å². The van der Waals surface area contributed by atoms with Crippen LogP contribution in [0.2, 0.25) is 0 Å². The lowest BCUT2D eigenvalue weighted by Crippen LogP contribution is -2.33. The van der Waals surface area contributed by atoms with Gasteiger partial charge >= 0.3 is 0 Å². The zero-order chi connectivity index (χ0) is 17.0. The summed E-state index contributed by atoms with van der Waals surface area (Å²) in [6.45, 7) is 5.36. The lowest BCUT2D eigenvalue weighted by Gasteiger charge is -2.19. The Labute approximate surface area is 145 Å². The first-order chi connectivity index (χ1) is 11.0. The number of thiazole rings is 1. The van der Waals surface area contributed by atoms with E-state index in [0.717, 1.165) is 30.1 Å². The molecule has 0 radical (unpaired) electrons. The Kier molecular flexibility index (Phi) is 6.38. The van der Waals surface area contributed by atoms with E-state index in [1.807, 2.05) is 25.9 Å². The van der Waals surface area contributed by atoms with Crippen molar-refractivity contribution < 1.29 is 9.59 Å². The summed E-state index contributed by atoms with van der Waals surface area (Å²) < 4.78 is 0. The van der Waals surface area contributed by atoms with Crippen molar-refractivity contribution in [1.29, 1.82) is 0 Å². The number of nitrogens with zero attached hydrogens (tertiary/aromatic N) is 2. The zero-order valence-corrected chi connectivity index (χ0v) is 15.7. The smallest absolute Gasteiger partial charge is 0.230 e. The summed E-state index contributed by atoms with van der Waals surface area (Å²) in [4.78, 5) is 32.8. The molecule has 1 N–H and O–H groups in total. The molecule has 1 aromatic heterocycles. The fourth-order valence-electron chi connectivity index (χ4n) is 2.19. The van der Waals surface area contributed by atoms with Gasteiger partial charge in [0.1, 0.15) is 16.3 Å². The number of fused-ring (bicyclic) bond motifs is 1. The summed E-state index contributed by atoms with van der Waals surface area (Å²) >= 11 is 2.80. The number of aryl methyl sites for hydroxylation is 1. The molecule has 23 heavy (non-hydrogen) atoms.